The number of rotatable bonds is 10. The molecule has 0 radical (unpaired) electrons. The fourth-order valence-electron chi connectivity index (χ4n) is 3.01. The Morgan fingerprint density at radius 3 is 2.68 bits per heavy atom. The highest BCUT2D eigenvalue weighted by molar-refractivity contribution is 5.87. The second-order valence-electron chi connectivity index (χ2n) is 6.37. The van der Waals surface area contributed by atoms with Crippen molar-refractivity contribution in [2.75, 3.05) is 7.11 Å². The second kappa shape index (κ2) is 9.87. The van der Waals surface area contributed by atoms with Crippen LogP contribution >= 0.6 is 0 Å². The predicted octanol–water partition coefficient (Wildman–Crippen LogP) is 3.73. The topological polar surface area (TPSA) is 71.2 Å². The zero-order valence-electron chi connectivity index (χ0n) is 15.1. The van der Waals surface area contributed by atoms with Crippen LogP contribution in [0.2, 0.25) is 0 Å². The van der Waals surface area contributed by atoms with Gasteiger partial charge in [0, 0.05) is 29.9 Å². The van der Waals surface area contributed by atoms with Crippen LogP contribution in [0.4, 0.5) is 0 Å². The molecule has 1 aromatic heterocycles. The number of carbonyl (C=O) groups is 2. The van der Waals surface area contributed by atoms with Crippen LogP contribution in [0.25, 0.3) is 10.9 Å². The zero-order valence-corrected chi connectivity index (χ0v) is 15.1. The summed E-state index contributed by atoms with van der Waals surface area (Å²) < 4.78 is 4.87. The van der Waals surface area contributed by atoms with Crippen molar-refractivity contribution in [2.45, 2.75) is 57.9 Å². The first-order valence-electron chi connectivity index (χ1n) is 9.08. The number of para-hydroxylation sites is 1. The normalized spacial score (nSPS) is 12.1. The van der Waals surface area contributed by atoms with E-state index in [1.165, 1.54) is 20.0 Å². The van der Waals surface area contributed by atoms with E-state index in [0.29, 0.717) is 12.8 Å². The van der Waals surface area contributed by atoms with Crippen LogP contribution in [0.3, 0.4) is 0 Å². The summed E-state index contributed by atoms with van der Waals surface area (Å²) in [5.74, 6) is -0.503. The number of aromatic nitrogens is 1. The van der Waals surface area contributed by atoms with Crippen molar-refractivity contribution >= 4 is 22.8 Å². The smallest absolute Gasteiger partial charge is 0.328 e. The van der Waals surface area contributed by atoms with Gasteiger partial charge in [-0.3, -0.25) is 4.79 Å². The molecule has 0 saturated carbocycles. The van der Waals surface area contributed by atoms with Crippen LogP contribution in [-0.4, -0.2) is 30.0 Å². The Balaban J connectivity index is 1.94. The number of ether oxygens (including phenoxy) is 1. The molecule has 1 unspecified atom stereocenters. The van der Waals surface area contributed by atoms with Crippen molar-refractivity contribution < 1.29 is 14.3 Å². The highest BCUT2D eigenvalue weighted by atomic mass is 16.5. The third-order valence-electron chi connectivity index (χ3n) is 4.43. The molecule has 1 amide bonds. The molecule has 5 nitrogen and oxygen atoms in total. The van der Waals surface area contributed by atoms with Crippen LogP contribution in [0, 0.1) is 0 Å². The molecule has 2 rings (SSSR count). The van der Waals surface area contributed by atoms with Crippen molar-refractivity contribution in [3.63, 3.8) is 0 Å². The summed E-state index contributed by atoms with van der Waals surface area (Å²) in [5, 5.41) is 3.89. The van der Waals surface area contributed by atoms with Gasteiger partial charge >= 0.3 is 5.97 Å². The number of H-pyrrole nitrogens is 1. The molecular weight excluding hydrogens is 316 g/mol. The summed E-state index contributed by atoms with van der Waals surface area (Å²) in [7, 11) is 1.35. The molecule has 0 aliphatic rings. The molecule has 0 spiro atoms. The molecule has 5 heteroatoms. The maximum Gasteiger partial charge on any atom is 0.328 e. The van der Waals surface area contributed by atoms with Gasteiger partial charge in [0.2, 0.25) is 5.91 Å². The Morgan fingerprint density at radius 1 is 1.16 bits per heavy atom. The Bertz CT molecular complexity index is 693. The highest BCUT2D eigenvalue weighted by Gasteiger charge is 2.23. The molecule has 0 bridgehead atoms. The first-order valence-corrected chi connectivity index (χ1v) is 9.08. The Morgan fingerprint density at radius 2 is 1.92 bits per heavy atom. The summed E-state index contributed by atoms with van der Waals surface area (Å²) >= 11 is 0. The van der Waals surface area contributed by atoms with E-state index in [-0.39, 0.29) is 5.91 Å². The van der Waals surface area contributed by atoms with Crippen LogP contribution in [0.1, 0.15) is 51.0 Å². The van der Waals surface area contributed by atoms with Gasteiger partial charge in [0.25, 0.3) is 0 Å². The van der Waals surface area contributed by atoms with Crippen molar-refractivity contribution in [1.29, 1.82) is 0 Å². The van der Waals surface area contributed by atoms with Crippen molar-refractivity contribution in [3.05, 3.63) is 36.0 Å². The molecule has 136 valence electrons. The number of carbonyl (C=O) groups excluding carboxylic acids is 2. The van der Waals surface area contributed by atoms with Crippen LogP contribution in [0.15, 0.2) is 30.5 Å². The van der Waals surface area contributed by atoms with Crippen molar-refractivity contribution in [1.82, 2.24) is 10.3 Å². The van der Waals surface area contributed by atoms with Gasteiger partial charge in [0.1, 0.15) is 6.04 Å². The van der Waals surface area contributed by atoms with E-state index < -0.39 is 12.0 Å². The molecule has 25 heavy (non-hydrogen) atoms. The van der Waals surface area contributed by atoms with Crippen LogP contribution < -0.4 is 5.32 Å². The maximum absolute atomic E-state index is 12.2. The lowest BCUT2D eigenvalue weighted by molar-refractivity contribution is -0.145. The Hall–Kier alpha value is -2.30. The standard InChI is InChI=1S/C20H28N2O3/c1-3-4-5-6-7-12-19(23)22-18(20(24)25-2)13-15-14-21-17-11-9-8-10-16(15)17/h8-11,14,18,21H,3-7,12-13H2,1-2H3,(H,22,23). The summed E-state index contributed by atoms with van der Waals surface area (Å²) in [6, 6.07) is 7.25. The van der Waals surface area contributed by atoms with E-state index in [2.05, 4.69) is 17.2 Å². The van der Waals surface area contributed by atoms with E-state index in [4.69, 9.17) is 4.74 Å². The number of aromatic amines is 1. The van der Waals surface area contributed by atoms with Crippen molar-refractivity contribution in [3.8, 4) is 0 Å². The van der Waals surface area contributed by atoms with Gasteiger partial charge in [-0.25, -0.2) is 4.79 Å². The maximum atomic E-state index is 12.2. The minimum atomic E-state index is -0.660. The Kier molecular flexibility index (Phi) is 7.51. The number of methoxy groups -OCH3 is 1. The number of fused-ring (bicyclic) bond motifs is 1. The van der Waals surface area contributed by atoms with Gasteiger partial charge in [-0.1, -0.05) is 50.8 Å². The summed E-state index contributed by atoms with van der Waals surface area (Å²) in [5.41, 5.74) is 2.01. The number of hydrogen-bond donors (Lipinski definition) is 2. The quantitative estimate of drug-likeness (QED) is 0.509. The zero-order chi connectivity index (χ0) is 18.1. The van der Waals surface area contributed by atoms with E-state index in [0.717, 1.165) is 35.7 Å². The van der Waals surface area contributed by atoms with Gasteiger partial charge < -0.3 is 15.0 Å². The monoisotopic (exact) mass is 344 g/mol. The molecule has 2 aromatic rings. The molecule has 2 N–H and O–H groups in total. The lowest BCUT2D eigenvalue weighted by atomic mass is 10.0. The first-order chi connectivity index (χ1) is 12.2. The third-order valence-corrected chi connectivity index (χ3v) is 4.43. The minimum Gasteiger partial charge on any atom is -0.467 e. The van der Waals surface area contributed by atoms with E-state index in [1.54, 1.807) is 0 Å². The fourth-order valence-corrected chi connectivity index (χ4v) is 3.01. The lowest BCUT2D eigenvalue weighted by Crippen LogP contribution is -2.42. The molecule has 0 saturated heterocycles. The SMILES string of the molecule is CCCCCCCC(=O)NC(Cc1c[nH]c2ccccc12)C(=O)OC. The Labute approximate surface area is 149 Å². The minimum absolute atomic E-state index is 0.0910. The molecule has 1 atom stereocenters. The average molecular weight is 344 g/mol. The molecule has 1 aromatic carbocycles. The summed E-state index contributed by atoms with van der Waals surface area (Å²) in [6.07, 6.45) is 8.19. The lowest BCUT2D eigenvalue weighted by Gasteiger charge is -2.16. The van der Waals surface area contributed by atoms with Crippen LogP contribution in [-0.2, 0) is 20.7 Å². The van der Waals surface area contributed by atoms with E-state index in [1.807, 2.05) is 30.5 Å². The fraction of sp³-hybridized carbons (Fsp3) is 0.500. The number of amides is 1. The molecule has 1 heterocycles. The first kappa shape index (κ1) is 19.0. The van der Waals surface area contributed by atoms with Gasteiger partial charge in [0.15, 0.2) is 0 Å². The number of benzene rings is 1. The molecule has 0 aliphatic carbocycles. The van der Waals surface area contributed by atoms with Crippen molar-refractivity contribution in [2.24, 2.45) is 0 Å². The molecular formula is C20H28N2O3. The third kappa shape index (κ3) is 5.62. The number of esters is 1. The summed E-state index contributed by atoms with van der Waals surface area (Å²) in [4.78, 5) is 27.4. The second-order valence-corrected chi connectivity index (χ2v) is 6.37. The number of unbranched alkanes of at least 4 members (excludes halogenated alkanes) is 4. The number of hydrogen-bond acceptors (Lipinski definition) is 3. The predicted molar refractivity (Wildman–Crippen MR) is 99.3 cm³/mol. The van der Waals surface area contributed by atoms with E-state index >= 15 is 0 Å². The molecule has 0 aliphatic heterocycles. The largest absolute Gasteiger partial charge is 0.467 e. The van der Waals surface area contributed by atoms with Gasteiger partial charge in [0.05, 0.1) is 7.11 Å². The molecule has 0 fully saturated rings. The van der Waals surface area contributed by atoms with Crippen LogP contribution in [0.5, 0.6) is 0 Å². The van der Waals surface area contributed by atoms with Gasteiger partial charge in [-0.2, -0.15) is 0 Å². The average Bonchev–Trinajstić information content (AvgIpc) is 3.03. The number of nitrogens with one attached hydrogen (secondary N) is 2. The summed E-state index contributed by atoms with van der Waals surface area (Å²) in [6.45, 7) is 2.17. The van der Waals surface area contributed by atoms with Gasteiger partial charge in [-0.05, 0) is 18.1 Å². The van der Waals surface area contributed by atoms with E-state index in [9.17, 15) is 9.59 Å². The highest BCUT2D eigenvalue weighted by Crippen LogP contribution is 2.19. The van der Waals surface area contributed by atoms with Gasteiger partial charge in [-0.15, -0.1) is 0 Å².